The molecule has 3 aliphatic carbocycles. The molecule has 28 heavy (non-hydrogen) atoms. The summed E-state index contributed by atoms with van der Waals surface area (Å²) >= 11 is 1.22. The summed E-state index contributed by atoms with van der Waals surface area (Å²) in [6.45, 7) is 5.65. The summed E-state index contributed by atoms with van der Waals surface area (Å²) in [4.78, 5) is 12.6. The van der Waals surface area contributed by atoms with Crippen LogP contribution < -0.4 is 10.0 Å². The van der Waals surface area contributed by atoms with Gasteiger partial charge in [-0.05, 0) is 70.2 Å². The lowest BCUT2D eigenvalue weighted by Crippen LogP contribution is -2.78. The van der Waals surface area contributed by atoms with Gasteiger partial charge in [0.15, 0.2) is 0 Å². The van der Waals surface area contributed by atoms with Crippen LogP contribution in [0.4, 0.5) is 32.0 Å². The number of carbonyl (C=O) groups is 1. The van der Waals surface area contributed by atoms with Gasteiger partial charge in [-0.25, -0.2) is 0 Å². The van der Waals surface area contributed by atoms with Crippen LogP contribution >= 0.6 is 11.9 Å². The van der Waals surface area contributed by atoms with Gasteiger partial charge in [-0.2, -0.15) is 26.3 Å². The highest BCUT2D eigenvalue weighted by Gasteiger charge is 2.79. The van der Waals surface area contributed by atoms with Gasteiger partial charge in [0, 0.05) is 10.3 Å². The van der Waals surface area contributed by atoms with Gasteiger partial charge >= 0.3 is 12.4 Å². The van der Waals surface area contributed by atoms with E-state index in [1.807, 2.05) is 20.8 Å². The van der Waals surface area contributed by atoms with Crippen LogP contribution in [0.25, 0.3) is 0 Å². The molecule has 0 radical (unpaired) electrons. The van der Waals surface area contributed by atoms with Crippen molar-refractivity contribution in [2.24, 2.45) is 5.41 Å². The molecule has 1 amide bonds. The summed E-state index contributed by atoms with van der Waals surface area (Å²) < 4.78 is 80.7. The van der Waals surface area contributed by atoms with Gasteiger partial charge in [0.25, 0.3) is 5.91 Å². The van der Waals surface area contributed by atoms with Crippen molar-refractivity contribution in [1.82, 2.24) is 5.32 Å². The lowest BCUT2D eigenvalue weighted by Gasteiger charge is -2.70. The molecule has 3 nitrogen and oxygen atoms in total. The zero-order valence-electron chi connectivity index (χ0n) is 15.4. The Morgan fingerprint density at radius 1 is 1.04 bits per heavy atom. The Labute approximate surface area is 162 Å². The average Bonchev–Trinajstić information content (AvgIpc) is 2.43. The van der Waals surface area contributed by atoms with Gasteiger partial charge in [0.2, 0.25) is 0 Å². The molecular weight excluding hydrogens is 406 g/mol. The van der Waals surface area contributed by atoms with Crippen molar-refractivity contribution in [2.45, 2.75) is 62.7 Å². The molecule has 4 rings (SSSR count). The number of rotatable bonds is 4. The molecule has 2 bridgehead atoms. The molecule has 156 valence electrons. The van der Waals surface area contributed by atoms with Crippen LogP contribution in [-0.4, -0.2) is 22.4 Å². The minimum Gasteiger partial charge on any atom is -0.346 e. The van der Waals surface area contributed by atoms with E-state index in [-0.39, 0.29) is 35.3 Å². The SMILES string of the molecule is CC(C)(C)SNc1ccc(C(F)(F)F)cc1C(=O)NC12CC(C(F)(F)F)(C1)C2. The molecule has 0 saturated heterocycles. The summed E-state index contributed by atoms with van der Waals surface area (Å²) in [6.07, 6.45) is -9.65. The molecule has 0 heterocycles. The van der Waals surface area contributed by atoms with Crippen LogP contribution in [0.1, 0.15) is 56.0 Å². The minimum absolute atomic E-state index is 0.183. The van der Waals surface area contributed by atoms with Crippen LogP contribution in [0.15, 0.2) is 18.2 Å². The number of nitrogens with one attached hydrogen (secondary N) is 2. The van der Waals surface area contributed by atoms with E-state index < -0.39 is 34.8 Å². The molecule has 1 aromatic carbocycles. The standard InChI is InChI=1S/C18H20F6N2OS/c1-14(2,3)28-26-12-5-4-10(17(19,20)21)6-11(12)13(27)25-16-7-15(8-16,9-16)18(22,23)24/h4-6,26H,7-9H2,1-3H3,(H,25,27). The highest BCUT2D eigenvalue weighted by Crippen LogP contribution is 2.73. The van der Waals surface area contributed by atoms with Crippen molar-refractivity contribution in [3.8, 4) is 0 Å². The average molecular weight is 426 g/mol. The Bertz CT molecular complexity index is 777. The summed E-state index contributed by atoms with van der Waals surface area (Å²) in [7, 11) is 0. The van der Waals surface area contributed by atoms with Crippen LogP contribution in [0.3, 0.4) is 0 Å². The van der Waals surface area contributed by atoms with Gasteiger partial charge in [-0.1, -0.05) is 0 Å². The maximum Gasteiger partial charge on any atom is 0.416 e. The topological polar surface area (TPSA) is 41.1 Å². The van der Waals surface area contributed by atoms with Crippen molar-refractivity contribution < 1.29 is 31.1 Å². The van der Waals surface area contributed by atoms with E-state index in [0.717, 1.165) is 18.2 Å². The minimum atomic E-state index is -4.64. The normalized spacial score (nSPS) is 26.9. The third kappa shape index (κ3) is 3.79. The maximum atomic E-state index is 13.1. The molecule has 1 aromatic rings. The summed E-state index contributed by atoms with van der Waals surface area (Å²) in [6, 6.07) is 2.75. The van der Waals surface area contributed by atoms with E-state index >= 15 is 0 Å². The molecule has 10 heteroatoms. The number of carbonyl (C=O) groups excluding carboxylic acids is 1. The first-order chi connectivity index (χ1) is 12.6. The first-order valence-corrected chi connectivity index (χ1v) is 9.42. The van der Waals surface area contributed by atoms with Crippen molar-refractivity contribution >= 4 is 23.5 Å². The van der Waals surface area contributed by atoms with Crippen LogP contribution in [0, 0.1) is 5.41 Å². The van der Waals surface area contributed by atoms with E-state index in [4.69, 9.17) is 0 Å². The third-order valence-electron chi connectivity index (χ3n) is 5.07. The predicted octanol–water partition coefficient (Wildman–Crippen LogP) is 5.78. The molecule has 0 aliphatic heterocycles. The van der Waals surface area contributed by atoms with Crippen LogP contribution in [0.2, 0.25) is 0 Å². The fourth-order valence-electron chi connectivity index (χ4n) is 3.73. The number of anilines is 1. The summed E-state index contributed by atoms with van der Waals surface area (Å²) in [5.41, 5.74) is -3.78. The molecule has 3 saturated carbocycles. The highest BCUT2D eigenvalue weighted by atomic mass is 32.2. The molecule has 0 spiro atoms. The lowest BCUT2D eigenvalue weighted by atomic mass is 9.39. The monoisotopic (exact) mass is 426 g/mol. The molecule has 0 aromatic heterocycles. The second kappa shape index (κ2) is 6.21. The van der Waals surface area contributed by atoms with E-state index in [1.165, 1.54) is 11.9 Å². The number of benzene rings is 1. The summed E-state index contributed by atoms with van der Waals surface area (Å²) in [5, 5.41) is 2.53. The van der Waals surface area contributed by atoms with E-state index in [0.29, 0.717) is 0 Å². The Morgan fingerprint density at radius 2 is 1.61 bits per heavy atom. The van der Waals surface area contributed by atoms with Gasteiger partial charge in [-0.3, -0.25) is 4.79 Å². The fourth-order valence-corrected chi connectivity index (χ4v) is 4.33. The largest absolute Gasteiger partial charge is 0.416 e. The summed E-state index contributed by atoms with van der Waals surface area (Å²) in [5.74, 6) is -0.807. The number of halogens is 6. The number of amides is 1. The number of hydrogen-bond acceptors (Lipinski definition) is 3. The molecular formula is C18H20F6N2OS. The van der Waals surface area contributed by atoms with Gasteiger partial charge in [0.05, 0.1) is 22.2 Å². The van der Waals surface area contributed by atoms with Gasteiger partial charge in [0.1, 0.15) is 0 Å². The van der Waals surface area contributed by atoms with E-state index in [9.17, 15) is 31.1 Å². The Kier molecular flexibility index (Phi) is 4.69. The molecule has 3 aliphatic rings. The third-order valence-corrected chi connectivity index (χ3v) is 6.00. The first kappa shape index (κ1) is 21.1. The Morgan fingerprint density at radius 3 is 2.07 bits per heavy atom. The quantitative estimate of drug-likeness (QED) is 0.474. The van der Waals surface area contributed by atoms with E-state index in [1.54, 1.807) is 0 Å². The highest BCUT2D eigenvalue weighted by molar-refractivity contribution is 8.01. The first-order valence-electron chi connectivity index (χ1n) is 8.61. The second-order valence-corrected chi connectivity index (χ2v) is 10.3. The van der Waals surface area contributed by atoms with Crippen molar-refractivity contribution in [2.75, 3.05) is 4.72 Å². The number of hydrogen-bond donors (Lipinski definition) is 2. The Balaban J connectivity index is 1.80. The molecule has 0 unspecified atom stereocenters. The number of alkyl halides is 6. The molecule has 0 atom stereocenters. The van der Waals surface area contributed by atoms with Crippen molar-refractivity contribution in [1.29, 1.82) is 0 Å². The Hall–Kier alpha value is -1.58. The fraction of sp³-hybridized carbons (Fsp3) is 0.611. The van der Waals surface area contributed by atoms with Gasteiger partial charge < -0.3 is 10.0 Å². The van der Waals surface area contributed by atoms with Crippen molar-refractivity contribution in [3.63, 3.8) is 0 Å². The van der Waals surface area contributed by atoms with E-state index in [2.05, 4.69) is 10.0 Å². The predicted molar refractivity (Wildman–Crippen MR) is 94.9 cm³/mol. The molecule has 2 N–H and O–H groups in total. The van der Waals surface area contributed by atoms with Crippen LogP contribution in [-0.2, 0) is 6.18 Å². The maximum absolute atomic E-state index is 13.1. The van der Waals surface area contributed by atoms with Gasteiger partial charge in [-0.15, -0.1) is 0 Å². The smallest absolute Gasteiger partial charge is 0.346 e. The molecule has 3 fully saturated rings. The zero-order chi connectivity index (χ0) is 21.2. The van der Waals surface area contributed by atoms with Crippen molar-refractivity contribution in [3.05, 3.63) is 29.3 Å². The zero-order valence-corrected chi connectivity index (χ0v) is 16.3. The van der Waals surface area contributed by atoms with Crippen LogP contribution in [0.5, 0.6) is 0 Å². The second-order valence-electron chi connectivity index (χ2n) is 8.62. The lowest BCUT2D eigenvalue weighted by molar-refractivity contribution is -0.336.